The molecule has 0 fully saturated rings. The lowest BCUT2D eigenvalue weighted by atomic mass is 10.2. The molecule has 0 bridgehead atoms. The molecule has 2 rings (SSSR count). The predicted octanol–water partition coefficient (Wildman–Crippen LogP) is 1.03. The molecule has 0 saturated heterocycles. The Morgan fingerprint density at radius 2 is 1.90 bits per heavy atom. The molecule has 1 aromatic heterocycles. The number of primary amides is 1. The maximum absolute atomic E-state index is 11.4. The average Bonchev–Trinajstić information content (AvgIpc) is 2.83. The van der Waals surface area contributed by atoms with Crippen molar-refractivity contribution in [1.82, 2.24) is 15.1 Å². The van der Waals surface area contributed by atoms with E-state index in [1.54, 1.807) is 6.20 Å². The lowest BCUT2D eigenvalue weighted by Gasteiger charge is -2.01. The first-order valence-electron chi connectivity index (χ1n) is 5.96. The first kappa shape index (κ1) is 13.6. The summed E-state index contributed by atoms with van der Waals surface area (Å²) in [7, 11) is 1.48. The van der Waals surface area contributed by atoms with Crippen molar-refractivity contribution in [1.29, 1.82) is 0 Å². The van der Waals surface area contributed by atoms with Crippen LogP contribution in [0.25, 0.3) is 5.69 Å². The highest BCUT2D eigenvalue weighted by Gasteiger charge is 2.16. The number of aromatic nitrogens is 2. The van der Waals surface area contributed by atoms with E-state index < -0.39 is 11.9 Å². The maximum atomic E-state index is 11.4. The van der Waals surface area contributed by atoms with Crippen molar-refractivity contribution in [2.24, 2.45) is 5.73 Å². The molecule has 0 aliphatic carbocycles. The second-order valence-electron chi connectivity index (χ2n) is 4.24. The molecule has 0 aliphatic rings. The van der Waals surface area contributed by atoms with Gasteiger partial charge in [-0.1, -0.05) is 17.7 Å². The topological polar surface area (TPSA) is 102 Å². The van der Waals surface area contributed by atoms with Crippen LogP contribution < -0.4 is 16.4 Å². The van der Waals surface area contributed by atoms with Gasteiger partial charge in [-0.2, -0.15) is 5.10 Å². The first-order chi connectivity index (χ1) is 9.51. The van der Waals surface area contributed by atoms with Gasteiger partial charge in [-0.25, -0.2) is 9.48 Å². The van der Waals surface area contributed by atoms with Crippen LogP contribution >= 0.6 is 0 Å². The van der Waals surface area contributed by atoms with Crippen molar-refractivity contribution in [3.63, 3.8) is 0 Å². The van der Waals surface area contributed by atoms with E-state index >= 15 is 0 Å². The molecule has 0 atom stereocenters. The molecule has 7 nitrogen and oxygen atoms in total. The number of carbonyl (C=O) groups excluding carboxylic acids is 2. The molecule has 0 saturated carbocycles. The maximum Gasteiger partial charge on any atom is 0.319 e. The average molecular weight is 273 g/mol. The lowest BCUT2D eigenvalue weighted by molar-refractivity contribution is 0.0996. The van der Waals surface area contributed by atoms with E-state index in [0.717, 1.165) is 11.3 Å². The van der Waals surface area contributed by atoms with Crippen molar-refractivity contribution in [2.75, 3.05) is 12.4 Å². The molecule has 0 aliphatic heterocycles. The molecule has 4 N–H and O–H groups in total. The lowest BCUT2D eigenvalue weighted by Crippen LogP contribution is -2.26. The second-order valence-corrected chi connectivity index (χ2v) is 4.24. The molecule has 0 spiro atoms. The molecular formula is C13H15N5O2. The zero-order valence-electron chi connectivity index (χ0n) is 11.2. The number of carbonyl (C=O) groups is 2. The normalized spacial score (nSPS) is 10.1. The highest BCUT2D eigenvalue weighted by atomic mass is 16.2. The van der Waals surface area contributed by atoms with Crippen molar-refractivity contribution in [2.45, 2.75) is 6.92 Å². The summed E-state index contributed by atoms with van der Waals surface area (Å²) < 4.78 is 1.49. The third-order valence-corrected chi connectivity index (χ3v) is 2.72. The van der Waals surface area contributed by atoms with Gasteiger partial charge in [0.2, 0.25) is 0 Å². The second kappa shape index (κ2) is 5.43. The summed E-state index contributed by atoms with van der Waals surface area (Å²) in [5, 5.41) is 9.00. The minimum Gasteiger partial charge on any atom is -0.364 e. The van der Waals surface area contributed by atoms with Gasteiger partial charge in [0.05, 0.1) is 17.6 Å². The Bertz CT molecular complexity index is 645. The summed E-state index contributed by atoms with van der Waals surface area (Å²) in [4.78, 5) is 22.7. The highest BCUT2D eigenvalue weighted by Crippen LogP contribution is 2.17. The summed E-state index contributed by atoms with van der Waals surface area (Å²) in [5.74, 6) is -0.706. The van der Waals surface area contributed by atoms with Gasteiger partial charge >= 0.3 is 6.03 Å². The summed E-state index contributed by atoms with van der Waals surface area (Å²) in [6.45, 7) is 1.97. The highest BCUT2D eigenvalue weighted by molar-refractivity contribution is 6.01. The number of hydrogen-bond acceptors (Lipinski definition) is 3. The number of nitrogens with two attached hydrogens (primary N) is 1. The minimum absolute atomic E-state index is 0.00850. The van der Waals surface area contributed by atoms with Crippen LogP contribution in [0.1, 0.15) is 16.1 Å². The van der Waals surface area contributed by atoms with Crippen LogP contribution in [0.5, 0.6) is 0 Å². The molecule has 2 aromatic rings. The Kier molecular flexibility index (Phi) is 3.69. The Hall–Kier alpha value is -2.83. The Morgan fingerprint density at radius 1 is 1.25 bits per heavy atom. The van der Waals surface area contributed by atoms with Gasteiger partial charge in [0, 0.05) is 7.05 Å². The Morgan fingerprint density at radius 3 is 2.45 bits per heavy atom. The Labute approximate surface area is 115 Å². The minimum atomic E-state index is -0.706. The van der Waals surface area contributed by atoms with Gasteiger partial charge in [-0.3, -0.25) is 4.79 Å². The van der Waals surface area contributed by atoms with Gasteiger partial charge in [0.25, 0.3) is 5.91 Å². The van der Waals surface area contributed by atoms with Gasteiger partial charge in [0.15, 0.2) is 5.69 Å². The third kappa shape index (κ3) is 2.77. The SMILES string of the molecule is CNC(=O)Nc1cn(-c2ccc(C)cc2)nc1C(N)=O. The number of nitrogens with zero attached hydrogens (tertiary/aromatic N) is 2. The number of urea groups is 1. The molecule has 0 unspecified atom stereocenters. The number of aryl methyl sites for hydroxylation is 1. The summed E-state index contributed by atoms with van der Waals surface area (Å²) >= 11 is 0. The largest absolute Gasteiger partial charge is 0.364 e. The molecule has 7 heteroatoms. The van der Waals surface area contributed by atoms with Crippen LogP contribution in [0, 0.1) is 6.92 Å². The molecule has 1 heterocycles. The van der Waals surface area contributed by atoms with Crippen LogP contribution in [0.2, 0.25) is 0 Å². The van der Waals surface area contributed by atoms with Crippen LogP contribution in [0.3, 0.4) is 0 Å². The van der Waals surface area contributed by atoms with E-state index in [-0.39, 0.29) is 11.4 Å². The fraction of sp³-hybridized carbons (Fsp3) is 0.154. The molecule has 1 aromatic carbocycles. The fourth-order valence-electron chi connectivity index (χ4n) is 1.66. The van der Waals surface area contributed by atoms with Gasteiger partial charge < -0.3 is 16.4 Å². The number of nitrogens with one attached hydrogen (secondary N) is 2. The van der Waals surface area contributed by atoms with E-state index in [1.165, 1.54) is 11.7 Å². The molecule has 3 amide bonds. The third-order valence-electron chi connectivity index (χ3n) is 2.72. The van der Waals surface area contributed by atoms with Crippen LogP contribution in [-0.2, 0) is 0 Å². The van der Waals surface area contributed by atoms with Crippen molar-refractivity contribution in [3.05, 3.63) is 41.7 Å². The number of amides is 3. The van der Waals surface area contributed by atoms with Crippen LogP contribution in [0.15, 0.2) is 30.5 Å². The molecule has 20 heavy (non-hydrogen) atoms. The molecule has 104 valence electrons. The molecule has 0 radical (unpaired) electrons. The zero-order valence-corrected chi connectivity index (χ0v) is 11.2. The van der Waals surface area contributed by atoms with Gasteiger partial charge in [0.1, 0.15) is 0 Å². The smallest absolute Gasteiger partial charge is 0.319 e. The summed E-state index contributed by atoms with van der Waals surface area (Å²) in [5.41, 5.74) is 7.41. The first-order valence-corrected chi connectivity index (χ1v) is 5.96. The quantitative estimate of drug-likeness (QED) is 0.778. The van der Waals surface area contributed by atoms with Crippen molar-refractivity contribution < 1.29 is 9.59 Å². The van der Waals surface area contributed by atoms with E-state index in [2.05, 4.69) is 15.7 Å². The fourth-order valence-corrected chi connectivity index (χ4v) is 1.66. The van der Waals surface area contributed by atoms with E-state index in [4.69, 9.17) is 5.73 Å². The standard InChI is InChI=1S/C13H15N5O2/c1-8-3-5-9(6-4-8)18-7-10(16-13(20)15-2)11(17-18)12(14)19/h3-7H,1-2H3,(H2,14,19)(H2,15,16,20). The predicted molar refractivity (Wildman–Crippen MR) is 74.9 cm³/mol. The molecular weight excluding hydrogens is 258 g/mol. The summed E-state index contributed by atoms with van der Waals surface area (Å²) in [6.07, 6.45) is 1.54. The number of anilines is 1. The van der Waals surface area contributed by atoms with Crippen LogP contribution in [0.4, 0.5) is 10.5 Å². The van der Waals surface area contributed by atoms with Crippen molar-refractivity contribution >= 4 is 17.6 Å². The van der Waals surface area contributed by atoms with Crippen molar-refractivity contribution in [3.8, 4) is 5.69 Å². The number of benzene rings is 1. The van der Waals surface area contributed by atoms with E-state index in [1.807, 2.05) is 31.2 Å². The summed E-state index contributed by atoms with van der Waals surface area (Å²) in [6, 6.07) is 7.11. The van der Waals surface area contributed by atoms with E-state index in [0.29, 0.717) is 0 Å². The number of hydrogen-bond donors (Lipinski definition) is 3. The van der Waals surface area contributed by atoms with Crippen LogP contribution in [-0.4, -0.2) is 28.8 Å². The van der Waals surface area contributed by atoms with Gasteiger partial charge in [-0.15, -0.1) is 0 Å². The van der Waals surface area contributed by atoms with Gasteiger partial charge in [-0.05, 0) is 19.1 Å². The monoisotopic (exact) mass is 273 g/mol. The zero-order chi connectivity index (χ0) is 14.7. The number of rotatable bonds is 3. The van der Waals surface area contributed by atoms with E-state index in [9.17, 15) is 9.59 Å². The Balaban J connectivity index is 2.40.